The quantitative estimate of drug-likeness (QED) is 0.700. The van der Waals surface area contributed by atoms with Crippen LogP contribution in [0.5, 0.6) is 0 Å². The standard InChI is InChI=1S/C15H16N6O3.ClH/c1-20-10-9(12(22)21(2)14(20)23)6-8(7-17-10)11-18-13(19-24-11)15(16)4-3-5-15;/h6-7H,3-5,16H2,1-2H3;1H. The summed E-state index contributed by atoms with van der Waals surface area (Å²) in [7, 11) is 2.99. The summed E-state index contributed by atoms with van der Waals surface area (Å²) >= 11 is 0. The van der Waals surface area contributed by atoms with Gasteiger partial charge < -0.3 is 10.3 Å². The van der Waals surface area contributed by atoms with Crippen molar-refractivity contribution in [3.8, 4) is 11.5 Å². The minimum atomic E-state index is -0.522. The number of rotatable bonds is 2. The zero-order valence-corrected chi connectivity index (χ0v) is 14.5. The normalized spacial score (nSPS) is 15.6. The Labute approximate surface area is 147 Å². The molecule has 0 saturated heterocycles. The van der Waals surface area contributed by atoms with Gasteiger partial charge in [0.1, 0.15) is 5.65 Å². The zero-order valence-electron chi connectivity index (χ0n) is 13.7. The molecule has 1 aliphatic carbocycles. The third-order valence-corrected chi connectivity index (χ3v) is 4.66. The summed E-state index contributed by atoms with van der Waals surface area (Å²) in [5, 5.41) is 4.27. The van der Waals surface area contributed by atoms with Crippen LogP contribution in [0.15, 0.2) is 26.4 Å². The molecule has 3 aromatic rings. The predicted molar refractivity (Wildman–Crippen MR) is 92.5 cm³/mol. The highest BCUT2D eigenvalue weighted by Crippen LogP contribution is 2.37. The van der Waals surface area contributed by atoms with Crippen LogP contribution in [0.2, 0.25) is 0 Å². The molecule has 0 spiro atoms. The van der Waals surface area contributed by atoms with Crippen molar-refractivity contribution in [2.45, 2.75) is 24.8 Å². The number of hydrogen-bond donors (Lipinski definition) is 1. The lowest BCUT2D eigenvalue weighted by Crippen LogP contribution is -2.44. The van der Waals surface area contributed by atoms with Gasteiger partial charge in [0.05, 0.1) is 16.5 Å². The van der Waals surface area contributed by atoms with E-state index in [1.165, 1.54) is 17.8 Å². The van der Waals surface area contributed by atoms with E-state index in [0.29, 0.717) is 22.4 Å². The first-order chi connectivity index (χ1) is 11.4. The summed E-state index contributed by atoms with van der Waals surface area (Å²) in [6.07, 6.45) is 4.19. The van der Waals surface area contributed by atoms with Crippen LogP contribution < -0.4 is 17.0 Å². The SMILES string of the molecule is Cl.Cn1c(=O)c2cc(-c3nc(C4(N)CCC4)no3)cnc2n(C)c1=O. The minimum absolute atomic E-state index is 0. The van der Waals surface area contributed by atoms with Gasteiger partial charge in [-0.05, 0) is 25.3 Å². The fraction of sp³-hybridized carbons (Fsp3) is 0.400. The van der Waals surface area contributed by atoms with Gasteiger partial charge in [0.2, 0.25) is 0 Å². The topological polar surface area (TPSA) is 122 Å². The maximum atomic E-state index is 12.3. The highest BCUT2D eigenvalue weighted by atomic mass is 35.5. The summed E-state index contributed by atoms with van der Waals surface area (Å²) in [6.45, 7) is 0. The van der Waals surface area contributed by atoms with Crippen molar-refractivity contribution in [1.82, 2.24) is 24.3 Å². The lowest BCUT2D eigenvalue weighted by atomic mass is 9.77. The second-order valence-electron chi connectivity index (χ2n) is 6.23. The molecule has 9 nitrogen and oxygen atoms in total. The number of nitrogens with two attached hydrogens (primary N) is 1. The van der Waals surface area contributed by atoms with E-state index in [1.807, 2.05) is 0 Å². The van der Waals surface area contributed by atoms with Crippen LogP contribution >= 0.6 is 12.4 Å². The molecule has 0 aromatic carbocycles. The van der Waals surface area contributed by atoms with Crippen LogP contribution in [0.25, 0.3) is 22.5 Å². The van der Waals surface area contributed by atoms with Crippen molar-refractivity contribution in [1.29, 1.82) is 0 Å². The van der Waals surface area contributed by atoms with E-state index in [9.17, 15) is 9.59 Å². The number of fused-ring (bicyclic) bond motifs is 1. The molecule has 0 unspecified atom stereocenters. The number of nitrogens with zero attached hydrogens (tertiary/aromatic N) is 5. The second kappa shape index (κ2) is 5.78. The monoisotopic (exact) mass is 364 g/mol. The van der Waals surface area contributed by atoms with Crippen LogP contribution in [-0.4, -0.2) is 24.3 Å². The van der Waals surface area contributed by atoms with Crippen molar-refractivity contribution < 1.29 is 4.52 Å². The Bertz CT molecular complexity index is 1080. The molecular weight excluding hydrogens is 348 g/mol. The van der Waals surface area contributed by atoms with Crippen molar-refractivity contribution in [2.75, 3.05) is 0 Å². The molecule has 25 heavy (non-hydrogen) atoms. The predicted octanol–water partition coefficient (Wildman–Crippen LogP) is 0.442. The van der Waals surface area contributed by atoms with Gasteiger partial charge in [0.25, 0.3) is 11.4 Å². The Morgan fingerprint density at radius 1 is 1.24 bits per heavy atom. The molecule has 3 aromatic heterocycles. The summed E-state index contributed by atoms with van der Waals surface area (Å²) in [5.74, 6) is 0.726. The van der Waals surface area contributed by atoms with Gasteiger partial charge in [-0.25, -0.2) is 9.78 Å². The third-order valence-electron chi connectivity index (χ3n) is 4.66. The summed E-state index contributed by atoms with van der Waals surface area (Å²) in [5.41, 5.74) is 5.65. The molecule has 2 N–H and O–H groups in total. The molecule has 4 rings (SSSR count). The molecule has 0 aliphatic heterocycles. The van der Waals surface area contributed by atoms with E-state index in [0.717, 1.165) is 23.8 Å². The molecule has 0 atom stereocenters. The Morgan fingerprint density at radius 2 is 1.96 bits per heavy atom. The Morgan fingerprint density at radius 3 is 2.60 bits per heavy atom. The fourth-order valence-corrected chi connectivity index (χ4v) is 2.91. The molecule has 10 heteroatoms. The second-order valence-corrected chi connectivity index (χ2v) is 6.23. The summed E-state index contributed by atoms with van der Waals surface area (Å²) in [4.78, 5) is 32.8. The zero-order chi connectivity index (χ0) is 17.1. The van der Waals surface area contributed by atoms with Crippen molar-refractivity contribution in [2.24, 2.45) is 19.8 Å². The van der Waals surface area contributed by atoms with Gasteiger partial charge in [0, 0.05) is 20.3 Å². The maximum absolute atomic E-state index is 12.3. The van der Waals surface area contributed by atoms with Gasteiger partial charge in [-0.15, -0.1) is 12.4 Å². The molecule has 1 aliphatic rings. The first-order valence-electron chi connectivity index (χ1n) is 7.60. The van der Waals surface area contributed by atoms with E-state index >= 15 is 0 Å². The number of aromatic nitrogens is 5. The fourth-order valence-electron chi connectivity index (χ4n) is 2.91. The first kappa shape index (κ1) is 17.3. The van der Waals surface area contributed by atoms with Gasteiger partial charge in [-0.2, -0.15) is 4.98 Å². The van der Waals surface area contributed by atoms with Crippen molar-refractivity contribution in [3.63, 3.8) is 0 Å². The maximum Gasteiger partial charge on any atom is 0.332 e. The lowest BCUT2D eigenvalue weighted by molar-refractivity contribution is 0.229. The molecule has 0 amide bonds. The molecule has 132 valence electrons. The van der Waals surface area contributed by atoms with Gasteiger partial charge in [-0.1, -0.05) is 5.16 Å². The Kier molecular flexibility index (Phi) is 4.00. The van der Waals surface area contributed by atoms with Gasteiger partial charge in [-0.3, -0.25) is 13.9 Å². The Balaban J connectivity index is 0.00000182. The highest BCUT2D eigenvalue weighted by molar-refractivity contribution is 5.85. The molecule has 0 radical (unpaired) electrons. The van der Waals surface area contributed by atoms with Crippen LogP contribution in [-0.2, 0) is 19.6 Å². The summed E-state index contributed by atoms with van der Waals surface area (Å²) < 4.78 is 7.65. The Hall–Kier alpha value is -2.52. The van der Waals surface area contributed by atoms with Gasteiger partial charge in [0.15, 0.2) is 5.82 Å². The molecule has 3 heterocycles. The lowest BCUT2D eigenvalue weighted by Gasteiger charge is -2.34. The van der Waals surface area contributed by atoms with E-state index in [4.69, 9.17) is 10.3 Å². The van der Waals surface area contributed by atoms with Crippen LogP contribution in [0.1, 0.15) is 25.1 Å². The van der Waals surface area contributed by atoms with Crippen molar-refractivity contribution in [3.05, 3.63) is 38.9 Å². The smallest absolute Gasteiger partial charge is 0.332 e. The molecule has 0 bridgehead atoms. The number of halogens is 1. The minimum Gasteiger partial charge on any atom is -0.334 e. The third kappa shape index (κ3) is 2.47. The van der Waals surface area contributed by atoms with E-state index in [-0.39, 0.29) is 18.3 Å². The first-order valence-corrected chi connectivity index (χ1v) is 7.60. The molecule has 1 saturated carbocycles. The van der Waals surface area contributed by atoms with E-state index in [1.54, 1.807) is 13.1 Å². The van der Waals surface area contributed by atoms with Crippen LogP contribution in [0, 0.1) is 0 Å². The average Bonchev–Trinajstić information content (AvgIpc) is 3.05. The average molecular weight is 365 g/mol. The number of aryl methyl sites for hydroxylation is 1. The van der Waals surface area contributed by atoms with Gasteiger partial charge >= 0.3 is 5.69 Å². The number of hydrogen-bond acceptors (Lipinski definition) is 7. The molecule has 1 fully saturated rings. The van der Waals surface area contributed by atoms with Crippen LogP contribution in [0.4, 0.5) is 0 Å². The number of pyridine rings is 1. The van der Waals surface area contributed by atoms with Crippen LogP contribution in [0.3, 0.4) is 0 Å². The van der Waals surface area contributed by atoms with E-state index in [2.05, 4.69) is 15.1 Å². The highest BCUT2D eigenvalue weighted by Gasteiger charge is 2.39. The van der Waals surface area contributed by atoms with Crippen molar-refractivity contribution >= 4 is 23.4 Å². The van der Waals surface area contributed by atoms with E-state index < -0.39 is 16.8 Å². The largest absolute Gasteiger partial charge is 0.334 e. The summed E-state index contributed by atoms with van der Waals surface area (Å²) in [6, 6.07) is 1.60. The molecular formula is C15H17ClN6O3.